The van der Waals surface area contributed by atoms with Crippen LogP contribution >= 0.6 is 22.9 Å². The Morgan fingerprint density at radius 1 is 1.44 bits per heavy atom. The summed E-state index contributed by atoms with van der Waals surface area (Å²) in [6, 6.07) is 8.08. The van der Waals surface area contributed by atoms with Gasteiger partial charge in [-0.3, -0.25) is 0 Å². The van der Waals surface area contributed by atoms with Crippen molar-refractivity contribution in [2.75, 3.05) is 5.32 Å². The van der Waals surface area contributed by atoms with E-state index in [-0.39, 0.29) is 6.04 Å². The van der Waals surface area contributed by atoms with Gasteiger partial charge in [0.05, 0.1) is 21.7 Å². The smallest absolute Gasteiger partial charge is 0.147 e. The van der Waals surface area contributed by atoms with E-state index >= 15 is 0 Å². The number of benzene rings is 1. The van der Waals surface area contributed by atoms with Crippen molar-refractivity contribution in [2.45, 2.75) is 13.0 Å². The Labute approximate surface area is 114 Å². The van der Waals surface area contributed by atoms with E-state index in [4.69, 9.17) is 16.9 Å². The summed E-state index contributed by atoms with van der Waals surface area (Å²) >= 11 is 7.30. The summed E-state index contributed by atoms with van der Waals surface area (Å²) in [5.74, 6) is -0.428. The fourth-order valence-electron chi connectivity index (χ4n) is 1.57. The minimum atomic E-state index is -0.428. The quantitative estimate of drug-likeness (QED) is 0.893. The summed E-state index contributed by atoms with van der Waals surface area (Å²) in [5.41, 5.74) is 1.70. The van der Waals surface area contributed by atoms with Crippen molar-refractivity contribution in [2.24, 2.45) is 0 Å². The Bertz CT molecular complexity index is 603. The highest BCUT2D eigenvalue weighted by Gasteiger charge is 2.10. The predicted molar refractivity (Wildman–Crippen MR) is 72.5 cm³/mol. The molecule has 0 saturated carbocycles. The van der Waals surface area contributed by atoms with Crippen LogP contribution in [0.3, 0.4) is 0 Å². The third-order valence-electron chi connectivity index (χ3n) is 2.56. The van der Waals surface area contributed by atoms with Crippen LogP contribution in [0.2, 0.25) is 4.34 Å². The van der Waals surface area contributed by atoms with Crippen molar-refractivity contribution in [3.8, 4) is 6.07 Å². The zero-order valence-corrected chi connectivity index (χ0v) is 11.1. The molecule has 0 radical (unpaired) electrons. The van der Waals surface area contributed by atoms with E-state index in [1.807, 2.05) is 24.4 Å². The predicted octanol–water partition coefficient (Wildman–Crippen LogP) is 4.59. The fourth-order valence-corrected chi connectivity index (χ4v) is 2.55. The zero-order valence-electron chi connectivity index (χ0n) is 9.58. The largest absolute Gasteiger partial charge is 0.376 e. The normalized spacial score (nSPS) is 11.9. The summed E-state index contributed by atoms with van der Waals surface area (Å²) in [7, 11) is 0. The van der Waals surface area contributed by atoms with E-state index in [1.54, 1.807) is 12.1 Å². The highest BCUT2D eigenvalue weighted by atomic mass is 35.5. The van der Waals surface area contributed by atoms with Gasteiger partial charge in [-0.1, -0.05) is 11.6 Å². The molecule has 2 nitrogen and oxygen atoms in total. The Balaban J connectivity index is 2.17. The maximum Gasteiger partial charge on any atom is 0.147 e. The molecule has 1 heterocycles. The molecule has 1 unspecified atom stereocenters. The average molecular weight is 281 g/mol. The second kappa shape index (κ2) is 5.38. The first-order chi connectivity index (χ1) is 8.60. The molecule has 0 spiro atoms. The third kappa shape index (κ3) is 2.81. The molecule has 0 aliphatic carbocycles. The van der Waals surface area contributed by atoms with Crippen LogP contribution in [0.15, 0.2) is 29.6 Å². The fraction of sp³-hybridized carbons (Fsp3) is 0.154. The first-order valence-corrected chi connectivity index (χ1v) is 6.56. The average Bonchev–Trinajstić information content (AvgIpc) is 2.78. The minimum Gasteiger partial charge on any atom is -0.376 e. The number of nitrogens with one attached hydrogen (secondary N) is 1. The molecule has 0 amide bonds. The molecular formula is C13H10ClFN2S. The lowest BCUT2D eigenvalue weighted by molar-refractivity contribution is 0.627. The van der Waals surface area contributed by atoms with E-state index in [9.17, 15) is 4.39 Å². The van der Waals surface area contributed by atoms with Gasteiger partial charge in [0.1, 0.15) is 5.82 Å². The molecule has 1 aromatic heterocycles. The molecule has 0 fully saturated rings. The monoisotopic (exact) mass is 280 g/mol. The molecule has 1 aromatic carbocycles. The molecular weight excluding hydrogens is 271 g/mol. The zero-order chi connectivity index (χ0) is 13.1. The molecule has 0 aliphatic rings. The first-order valence-electron chi connectivity index (χ1n) is 5.30. The van der Waals surface area contributed by atoms with Crippen molar-refractivity contribution in [3.05, 3.63) is 50.9 Å². The Morgan fingerprint density at radius 3 is 2.78 bits per heavy atom. The standard InChI is InChI=1S/C13H10ClFN2S/c1-8(10-5-13(14)18-7-10)17-12-3-2-9(6-16)4-11(12)15/h2-5,7-8,17H,1H3. The summed E-state index contributed by atoms with van der Waals surface area (Å²) in [5, 5.41) is 13.7. The lowest BCUT2D eigenvalue weighted by Crippen LogP contribution is -2.07. The van der Waals surface area contributed by atoms with Crippen molar-refractivity contribution in [1.82, 2.24) is 0 Å². The van der Waals surface area contributed by atoms with Crippen LogP contribution in [0.1, 0.15) is 24.1 Å². The van der Waals surface area contributed by atoms with Crippen molar-refractivity contribution >= 4 is 28.6 Å². The van der Waals surface area contributed by atoms with Crippen LogP contribution < -0.4 is 5.32 Å². The van der Waals surface area contributed by atoms with Crippen LogP contribution in [-0.4, -0.2) is 0 Å². The van der Waals surface area contributed by atoms with E-state index < -0.39 is 5.82 Å². The van der Waals surface area contributed by atoms with E-state index in [0.29, 0.717) is 15.6 Å². The maximum absolute atomic E-state index is 13.7. The highest BCUT2D eigenvalue weighted by Crippen LogP contribution is 2.28. The van der Waals surface area contributed by atoms with Crippen LogP contribution in [-0.2, 0) is 0 Å². The van der Waals surface area contributed by atoms with Gasteiger partial charge in [0.25, 0.3) is 0 Å². The van der Waals surface area contributed by atoms with Crippen LogP contribution in [0.25, 0.3) is 0 Å². The second-order valence-electron chi connectivity index (χ2n) is 3.86. The van der Waals surface area contributed by atoms with Gasteiger partial charge in [0.2, 0.25) is 0 Å². The Morgan fingerprint density at radius 2 is 2.22 bits per heavy atom. The van der Waals surface area contributed by atoms with Gasteiger partial charge >= 0.3 is 0 Å². The number of hydrogen-bond donors (Lipinski definition) is 1. The Kier molecular flexibility index (Phi) is 3.85. The number of halogens is 2. The molecule has 5 heteroatoms. The van der Waals surface area contributed by atoms with Gasteiger partial charge in [-0.05, 0) is 42.1 Å². The number of nitrogens with zero attached hydrogens (tertiary/aromatic N) is 1. The second-order valence-corrected chi connectivity index (χ2v) is 5.40. The lowest BCUT2D eigenvalue weighted by atomic mass is 10.1. The van der Waals surface area contributed by atoms with Gasteiger partial charge < -0.3 is 5.32 Å². The number of anilines is 1. The van der Waals surface area contributed by atoms with Crippen molar-refractivity contribution in [3.63, 3.8) is 0 Å². The van der Waals surface area contributed by atoms with Crippen molar-refractivity contribution in [1.29, 1.82) is 5.26 Å². The van der Waals surface area contributed by atoms with E-state index in [1.165, 1.54) is 17.4 Å². The van der Waals surface area contributed by atoms with E-state index in [2.05, 4.69) is 5.32 Å². The van der Waals surface area contributed by atoms with Gasteiger partial charge in [-0.25, -0.2) is 4.39 Å². The van der Waals surface area contributed by atoms with E-state index in [0.717, 1.165) is 5.56 Å². The maximum atomic E-state index is 13.7. The molecule has 2 rings (SSSR count). The summed E-state index contributed by atoms with van der Waals surface area (Å²) in [4.78, 5) is 0. The lowest BCUT2D eigenvalue weighted by Gasteiger charge is -2.14. The first kappa shape index (κ1) is 12.9. The highest BCUT2D eigenvalue weighted by molar-refractivity contribution is 7.14. The third-order valence-corrected chi connectivity index (χ3v) is 3.67. The van der Waals surface area contributed by atoms with Gasteiger partial charge in [0, 0.05) is 6.04 Å². The summed E-state index contributed by atoms with van der Waals surface area (Å²) in [6.45, 7) is 1.93. The van der Waals surface area contributed by atoms with Crippen molar-refractivity contribution < 1.29 is 4.39 Å². The molecule has 0 saturated heterocycles. The number of nitriles is 1. The molecule has 1 atom stereocenters. The molecule has 18 heavy (non-hydrogen) atoms. The molecule has 1 N–H and O–H groups in total. The number of thiophene rings is 1. The van der Waals surface area contributed by atoms with Crippen LogP contribution in [0.4, 0.5) is 10.1 Å². The SMILES string of the molecule is CC(Nc1ccc(C#N)cc1F)c1csc(Cl)c1. The van der Waals surface area contributed by atoms with Gasteiger partial charge in [-0.2, -0.15) is 5.26 Å². The summed E-state index contributed by atoms with van der Waals surface area (Å²) in [6.07, 6.45) is 0. The van der Waals surface area contributed by atoms with Crippen LogP contribution in [0, 0.1) is 17.1 Å². The van der Waals surface area contributed by atoms with Gasteiger partial charge in [-0.15, -0.1) is 11.3 Å². The van der Waals surface area contributed by atoms with Gasteiger partial charge in [0.15, 0.2) is 0 Å². The number of hydrogen-bond acceptors (Lipinski definition) is 3. The molecule has 92 valence electrons. The topological polar surface area (TPSA) is 35.8 Å². The molecule has 0 aliphatic heterocycles. The van der Waals surface area contributed by atoms with Crippen LogP contribution in [0.5, 0.6) is 0 Å². The molecule has 0 bridgehead atoms. The molecule has 2 aromatic rings. The number of rotatable bonds is 3. The minimum absolute atomic E-state index is 0.0452. The summed E-state index contributed by atoms with van der Waals surface area (Å²) < 4.78 is 14.4. The Hall–Kier alpha value is -1.57.